The smallest absolute Gasteiger partial charge is 0.296 e. The number of nitrogens with zero attached hydrogens (tertiary/aromatic N) is 5. The summed E-state index contributed by atoms with van der Waals surface area (Å²) >= 11 is 0. The summed E-state index contributed by atoms with van der Waals surface area (Å²) in [6.07, 6.45) is -0.519. The summed E-state index contributed by atoms with van der Waals surface area (Å²) in [6.45, 7) is 4.38. The van der Waals surface area contributed by atoms with Gasteiger partial charge >= 0.3 is 6.18 Å². The van der Waals surface area contributed by atoms with Crippen molar-refractivity contribution in [3.63, 3.8) is 0 Å². The molecule has 5 rings (SSSR count). The Hall–Kier alpha value is -3.75. The molecule has 180 valence electrons. The molecule has 0 atom stereocenters. The fourth-order valence-electron chi connectivity index (χ4n) is 4.46. The zero-order valence-corrected chi connectivity index (χ0v) is 19.4. The molecule has 0 aliphatic carbocycles. The summed E-state index contributed by atoms with van der Waals surface area (Å²) in [5.74, 6) is 0.500. The molecule has 0 saturated heterocycles. The molecule has 0 fully saturated rings. The zero-order chi connectivity index (χ0) is 24.7. The number of rotatable bonds is 6. The van der Waals surface area contributed by atoms with Crippen molar-refractivity contribution in [2.45, 2.75) is 52.3 Å². The Bertz CT molecular complexity index is 1620. The highest BCUT2D eigenvalue weighted by Gasteiger charge is 2.31. The molecule has 0 spiro atoms. The van der Waals surface area contributed by atoms with Crippen molar-refractivity contribution < 1.29 is 13.2 Å². The van der Waals surface area contributed by atoms with Gasteiger partial charge in [-0.2, -0.15) is 13.2 Å². The van der Waals surface area contributed by atoms with Crippen molar-refractivity contribution in [1.82, 2.24) is 24.1 Å². The van der Waals surface area contributed by atoms with Crippen LogP contribution >= 0.6 is 0 Å². The second kappa shape index (κ2) is 8.79. The topological polar surface area (TPSA) is 65.6 Å². The van der Waals surface area contributed by atoms with Gasteiger partial charge in [0.25, 0.3) is 5.56 Å². The van der Waals surface area contributed by atoms with Crippen LogP contribution in [0.3, 0.4) is 0 Å². The van der Waals surface area contributed by atoms with E-state index in [1.165, 1.54) is 10.6 Å². The molecule has 0 N–H and O–H groups in total. The minimum absolute atomic E-state index is 0.219. The third kappa shape index (κ3) is 4.05. The second-order valence-corrected chi connectivity index (χ2v) is 8.64. The normalized spacial score (nSPS) is 12.3. The van der Waals surface area contributed by atoms with E-state index in [4.69, 9.17) is 15.0 Å². The van der Waals surface area contributed by atoms with Gasteiger partial charge in [-0.05, 0) is 43.7 Å². The zero-order valence-electron chi connectivity index (χ0n) is 19.4. The number of aromatic nitrogens is 5. The monoisotopic (exact) mass is 479 g/mol. The van der Waals surface area contributed by atoms with Gasteiger partial charge in [-0.1, -0.05) is 44.4 Å². The van der Waals surface area contributed by atoms with Gasteiger partial charge < -0.3 is 0 Å². The SMILES string of the molecule is CCCCCCn1c(C)nc2c(c1=O)c1nc3ccccc3nc1n2-c1cccc(C(F)(F)F)c1. The molecular formula is C26H24F3N5O. The first-order valence-electron chi connectivity index (χ1n) is 11.7. The fourth-order valence-corrected chi connectivity index (χ4v) is 4.46. The summed E-state index contributed by atoms with van der Waals surface area (Å²) in [5.41, 5.74) is 1.22. The summed E-state index contributed by atoms with van der Waals surface area (Å²) in [7, 11) is 0. The van der Waals surface area contributed by atoms with Crippen LogP contribution in [0.5, 0.6) is 0 Å². The average molecular weight is 480 g/mol. The molecule has 0 aliphatic rings. The number of alkyl halides is 3. The van der Waals surface area contributed by atoms with Crippen LogP contribution in [-0.2, 0) is 12.7 Å². The second-order valence-electron chi connectivity index (χ2n) is 8.64. The Morgan fingerprint density at radius 1 is 0.886 bits per heavy atom. The molecular weight excluding hydrogens is 455 g/mol. The fraction of sp³-hybridized carbons (Fsp3) is 0.308. The van der Waals surface area contributed by atoms with Crippen LogP contribution in [0.25, 0.3) is 38.9 Å². The number of halogens is 3. The molecule has 3 aromatic heterocycles. The standard InChI is InChI=1S/C26H24F3N5O/c1-3-4-5-8-14-33-16(2)30-23-21(25(33)35)22-24(32-20-13-7-6-12-19(20)31-22)34(23)18-11-9-10-17(15-18)26(27,28)29/h6-7,9-13,15H,3-5,8,14H2,1-2H3. The lowest BCUT2D eigenvalue weighted by molar-refractivity contribution is -0.137. The Morgan fingerprint density at radius 2 is 1.63 bits per heavy atom. The number of aryl methyl sites for hydroxylation is 1. The van der Waals surface area contributed by atoms with Crippen LogP contribution in [0.2, 0.25) is 0 Å². The van der Waals surface area contributed by atoms with Gasteiger partial charge in [0.15, 0.2) is 11.3 Å². The molecule has 2 aromatic carbocycles. The molecule has 0 aliphatic heterocycles. The van der Waals surface area contributed by atoms with Gasteiger partial charge in [0.05, 0.1) is 16.6 Å². The predicted octanol–water partition coefficient (Wildman–Crippen LogP) is 6.19. The predicted molar refractivity (Wildman–Crippen MR) is 130 cm³/mol. The molecule has 5 aromatic rings. The van der Waals surface area contributed by atoms with Crippen LogP contribution in [0.4, 0.5) is 13.2 Å². The van der Waals surface area contributed by atoms with E-state index in [0.717, 1.165) is 37.8 Å². The van der Waals surface area contributed by atoms with Crippen LogP contribution in [0.15, 0.2) is 53.3 Å². The molecule has 0 unspecified atom stereocenters. The maximum Gasteiger partial charge on any atom is 0.416 e. The van der Waals surface area contributed by atoms with E-state index in [-0.39, 0.29) is 22.3 Å². The molecule has 0 radical (unpaired) electrons. The number of para-hydroxylation sites is 2. The minimum atomic E-state index is -4.51. The summed E-state index contributed by atoms with van der Waals surface area (Å²) in [6, 6.07) is 12.2. The largest absolute Gasteiger partial charge is 0.416 e. The Balaban J connectivity index is 1.84. The molecule has 9 heteroatoms. The minimum Gasteiger partial charge on any atom is -0.296 e. The summed E-state index contributed by atoms with van der Waals surface area (Å²) < 4.78 is 43.6. The lowest BCUT2D eigenvalue weighted by Gasteiger charge is -2.12. The number of hydrogen-bond acceptors (Lipinski definition) is 4. The first-order valence-corrected chi connectivity index (χ1v) is 11.7. The molecule has 3 heterocycles. The average Bonchev–Trinajstić information content (AvgIpc) is 3.14. The molecule has 0 saturated carbocycles. The highest BCUT2D eigenvalue weighted by atomic mass is 19.4. The van der Waals surface area contributed by atoms with Crippen molar-refractivity contribution >= 4 is 33.2 Å². The number of benzene rings is 2. The van der Waals surface area contributed by atoms with E-state index in [1.807, 2.05) is 12.1 Å². The van der Waals surface area contributed by atoms with Crippen LogP contribution in [0.1, 0.15) is 44.0 Å². The van der Waals surface area contributed by atoms with Crippen molar-refractivity contribution in [3.05, 3.63) is 70.3 Å². The Kier molecular flexibility index (Phi) is 5.78. The van der Waals surface area contributed by atoms with Crippen LogP contribution in [-0.4, -0.2) is 24.1 Å². The first kappa shape index (κ1) is 23.0. The number of hydrogen-bond donors (Lipinski definition) is 0. The van der Waals surface area contributed by atoms with E-state index in [1.54, 1.807) is 29.7 Å². The van der Waals surface area contributed by atoms with Gasteiger partial charge in [0.2, 0.25) is 0 Å². The van der Waals surface area contributed by atoms with Crippen molar-refractivity contribution in [1.29, 1.82) is 0 Å². The number of unbranched alkanes of at least 4 members (excludes halogenated alkanes) is 3. The third-order valence-electron chi connectivity index (χ3n) is 6.22. The Labute approximate surface area is 199 Å². The van der Waals surface area contributed by atoms with Gasteiger partial charge in [-0.25, -0.2) is 15.0 Å². The van der Waals surface area contributed by atoms with Crippen molar-refractivity contribution in [2.75, 3.05) is 0 Å². The highest BCUT2D eigenvalue weighted by molar-refractivity contribution is 6.05. The number of fused-ring (bicyclic) bond motifs is 4. The van der Waals surface area contributed by atoms with E-state index in [0.29, 0.717) is 34.6 Å². The molecule has 0 amide bonds. The summed E-state index contributed by atoms with van der Waals surface area (Å²) in [4.78, 5) is 27.8. The van der Waals surface area contributed by atoms with Crippen LogP contribution < -0.4 is 5.56 Å². The lowest BCUT2D eigenvalue weighted by Crippen LogP contribution is -2.24. The van der Waals surface area contributed by atoms with Crippen molar-refractivity contribution in [2.24, 2.45) is 0 Å². The Morgan fingerprint density at radius 3 is 2.34 bits per heavy atom. The maximum atomic E-state index is 13.7. The quantitative estimate of drug-likeness (QED) is 0.272. The van der Waals surface area contributed by atoms with Gasteiger partial charge in [-0.15, -0.1) is 0 Å². The lowest BCUT2D eigenvalue weighted by atomic mass is 10.2. The van der Waals surface area contributed by atoms with E-state index in [9.17, 15) is 18.0 Å². The molecule has 6 nitrogen and oxygen atoms in total. The summed E-state index contributed by atoms with van der Waals surface area (Å²) in [5, 5.41) is 0.261. The van der Waals surface area contributed by atoms with Gasteiger partial charge in [0, 0.05) is 12.2 Å². The van der Waals surface area contributed by atoms with Crippen LogP contribution in [0, 0.1) is 6.92 Å². The van der Waals surface area contributed by atoms with Gasteiger partial charge in [0.1, 0.15) is 16.7 Å². The van der Waals surface area contributed by atoms with Crippen molar-refractivity contribution in [3.8, 4) is 5.69 Å². The van der Waals surface area contributed by atoms with E-state index < -0.39 is 11.7 Å². The highest BCUT2D eigenvalue weighted by Crippen LogP contribution is 2.33. The van der Waals surface area contributed by atoms with Gasteiger partial charge in [-0.3, -0.25) is 13.9 Å². The van der Waals surface area contributed by atoms with E-state index >= 15 is 0 Å². The molecule has 35 heavy (non-hydrogen) atoms. The third-order valence-corrected chi connectivity index (χ3v) is 6.22. The van der Waals surface area contributed by atoms with E-state index in [2.05, 4.69) is 6.92 Å². The molecule has 0 bridgehead atoms. The first-order chi connectivity index (χ1) is 16.8. The maximum absolute atomic E-state index is 13.7.